The second-order valence-corrected chi connectivity index (χ2v) is 9.57. The van der Waals surface area contributed by atoms with E-state index in [2.05, 4.69) is 30.4 Å². The first-order chi connectivity index (χ1) is 13.6. The fourth-order valence-corrected chi connectivity index (χ4v) is 4.82. The Kier molecular flexibility index (Phi) is 7.85. The number of carbonyl (C=O) groups excluding carboxylic acids is 1. The van der Waals surface area contributed by atoms with E-state index >= 15 is 0 Å². The molecule has 1 atom stereocenters. The van der Waals surface area contributed by atoms with E-state index in [-0.39, 0.29) is 5.91 Å². The van der Waals surface area contributed by atoms with Crippen LogP contribution in [0, 0.1) is 20.8 Å². The summed E-state index contributed by atoms with van der Waals surface area (Å²) in [6.07, 6.45) is 3.21. The highest BCUT2D eigenvalue weighted by Gasteiger charge is 2.31. The van der Waals surface area contributed by atoms with Crippen LogP contribution >= 0.6 is 0 Å². The predicted octanol–water partition coefficient (Wildman–Crippen LogP) is 3.91. The number of carbonyl (C=O) groups is 1. The topological polar surface area (TPSA) is 66.5 Å². The molecule has 1 N–H and O–H groups in total. The Morgan fingerprint density at radius 3 is 2.24 bits per heavy atom. The molecule has 0 unspecified atom stereocenters. The lowest BCUT2D eigenvalue weighted by Crippen LogP contribution is -2.49. The first-order valence-corrected chi connectivity index (χ1v) is 11.9. The molecule has 0 fully saturated rings. The van der Waals surface area contributed by atoms with Crippen molar-refractivity contribution in [3.8, 4) is 0 Å². The third-order valence-electron chi connectivity index (χ3n) is 4.81. The number of benzene rings is 2. The van der Waals surface area contributed by atoms with E-state index in [9.17, 15) is 13.2 Å². The van der Waals surface area contributed by atoms with Crippen molar-refractivity contribution in [3.05, 3.63) is 64.7 Å². The quantitative estimate of drug-likeness (QED) is 0.631. The second-order valence-electron chi connectivity index (χ2n) is 7.71. The van der Waals surface area contributed by atoms with Crippen LogP contribution in [0.3, 0.4) is 0 Å². The highest BCUT2D eigenvalue weighted by atomic mass is 32.2. The van der Waals surface area contributed by atoms with Crippen LogP contribution in [-0.2, 0) is 21.2 Å². The van der Waals surface area contributed by atoms with Crippen LogP contribution in [0.5, 0.6) is 0 Å². The van der Waals surface area contributed by atoms with E-state index < -0.39 is 16.1 Å². The maximum atomic E-state index is 12.9. The number of hydrogen-bond donors (Lipinski definition) is 1. The molecule has 158 valence electrons. The summed E-state index contributed by atoms with van der Waals surface area (Å²) in [5.41, 5.74) is 4.91. The minimum Gasteiger partial charge on any atom is -0.354 e. The van der Waals surface area contributed by atoms with Crippen LogP contribution in [0.25, 0.3) is 0 Å². The molecule has 0 aliphatic rings. The fourth-order valence-electron chi connectivity index (χ4n) is 3.63. The molecule has 29 heavy (non-hydrogen) atoms. The smallest absolute Gasteiger partial charge is 0.243 e. The van der Waals surface area contributed by atoms with Crippen molar-refractivity contribution in [3.63, 3.8) is 0 Å². The molecule has 2 aromatic carbocycles. The fraction of sp³-hybridized carbons (Fsp3) is 0.435. The van der Waals surface area contributed by atoms with E-state index in [0.29, 0.717) is 18.7 Å². The summed E-state index contributed by atoms with van der Waals surface area (Å²) in [5.74, 6) is -0.263. The standard InChI is InChI=1S/C23H32N2O3S/c1-6-22(23(26)24-12-8-11-20-10-7-9-17(2)14-20)25(29(5,27)28)21-15-18(3)13-19(4)16-21/h7,9-10,13-16,22H,6,8,11-12H2,1-5H3,(H,24,26)/t22-/m0/s1. The molecule has 0 aliphatic carbocycles. The Balaban J connectivity index is 2.10. The zero-order valence-electron chi connectivity index (χ0n) is 18.0. The van der Waals surface area contributed by atoms with E-state index in [4.69, 9.17) is 0 Å². The molecule has 0 radical (unpaired) electrons. The van der Waals surface area contributed by atoms with Gasteiger partial charge in [-0.25, -0.2) is 8.42 Å². The normalized spacial score (nSPS) is 12.4. The molecule has 6 heteroatoms. The summed E-state index contributed by atoms with van der Waals surface area (Å²) in [6, 6.07) is 13.1. The van der Waals surface area contributed by atoms with Gasteiger partial charge in [-0.15, -0.1) is 0 Å². The Morgan fingerprint density at radius 2 is 1.69 bits per heavy atom. The zero-order valence-corrected chi connectivity index (χ0v) is 18.8. The number of amides is 1. The SMILES string of the molecule is CC[C@@H](C(=O)NCCCc1cccc(C)c1)N(c1cc(C)cc(C)c1)S(C)(=O)=O. The van der Waals surface area contributed by atoms with Gasteiger partial charge in [-0.05, 0) is 68.9 Å². The molecule has 0 saturated carbocycles. The highest BCUT2D eigenvalue weighted by Crippen LogP contribution is 2.25. The molecule has 2 aromatic rings. The molecule has 0 spiro atoms. The number of aryl methyl sites for hydroxylation is 4. The van der Waals surface area contributed by atoms with E-state index in [0.717, 1.165) is 30.2 Å². The molecule has 2 rings (SSSR count). The van der Waals surface area contributed by atoms with Crippen LogP contribution in [0.4, 0.5) is 5.69 Å². The van der Waals surface area contributed by atoms with Gasteiger partial charge in [-0.2, -0.15) is 0 Å². The molecule has 0 heterocycles. The molecular weight excluding hydrogens is 384 g/mol. The minimum atomic E-state index is -3.61. The van der Waals surface area contributed by atoms with Crippen LogP contribution in [0.2, 0.25) is 0 Å². The van der Waals surface area contributed by atoms with Gasteiger partial charge in [-0.1, -0.05) is 42.8 Å². The number of rotatable bonds is 9. The van der Waals surface area contributed by atoms with Gasteiger partial charge in [-0.3, -0.25) is 9.10 Å². The monoisotopic (exact) mass is 416 g/mol. The Morgan fingerprint density at radius 1 is 1.03 bits per heavy atom. The van der Waals surface area contributed by atoms with Crippen molar-refractivity contribution in [1.82, 2.24) is 5.32 Å². The first kappa shape index (κ1) is 22.9. The van der Waals surface area contributed by atoms with Crippen molar-refractivity contribution in [1.29, 1.82) is 0 Å². The Hall–Kier alpha value is -2.34. The van der Waals surface area contributed by atoms with Gasteiger partial charge in [0.05, 0.1) is 11.9 Å². The summed E-state index contributed by atoms with van der Waals surface area (Å²) in [6.45, 7) is 8.24. The molecule has 0 saturated heterocycles. The lowest BCUT2D eigenvalue weighted by molar-refractivity contribution is -0.122. The minimum absolute atomic E-state index is 0.263. The first-order valence-electron chi connectivity index (χ1n) is 10.0. The number of hydrogen-bond acceptors (Lipinski definition) is 3. The van der Waals surface area contributed by atoms with E-state index in [1.54, 1.807) is 0 Å². The highest BCUT2D eigenvalue weighted by molar-refractivity contribution is 7.92. The average molecular weight is 417 g/mol. The third kappa shape index (κ3) is 6.60. The van der Waals surface area contributed by atoms with Crippen LogP contribution < -0.4 is 9.62 Å². The lowest BCUT2D eigenvalue weighted by atomic mass is 10.1. The maximum absolute atomic E-state index is 12.9. The van der Waals surface area contributed by atoms with Crippen molar-refractivity contribution < 1.29 is 13.2 Å². The maximum Gasteiger partial charge on any atom is 0.243 e. The predicted molar refractivity (Wildman–Crippen MR) is 120 cm³/mol. The van der Waals surface area contributed by atoms with Gasteiger partial charge in [0.2, 0.25) is 15.9 Å². The number of sulfonamides is 1. The van der Waals surface area contributed by atoms with Crippen molar-refractivity contribution >= 4 is 21.6 Å². The largest absolute Gasteiger partial charge is 0.354 e. The summed E-state index contributed by atoms with van der Waals surface area (Å²) in [7, 11) is -3.61. The molecule has 5 nitrogen and oxygen atoms in total. The molecule has 0 bridgehead atoms. The van der Waals surface area contributed by atoms with E-state index in [1.165, 1.54) is 15.4 Å². The lowest BCUT2D eigenvalue weighted by Gasteiger charge is -2.30. The van der Waals surface area contributed by atoms with Gasteiger partial charge in [0.15, 0.2) is 0 Å². The number of nitrogens with zero attached hydrogens (tertiary/aromatic N) is 1. The summed E-state index contributed by atoms with van der Waals surface area (Å²) in [4.78, 5) is 12.9. The molecular formula is C23H32N2O3S. The zero-order chi connectivity index (χ0) is 21.6. The van der Waals surface area contributed by atoms with Gasteiger partial charge in [0, 0.05) is 6.54 Å². The molecule has 1 amide bonds. The third-order valence-corrected chi connectivity index (χ3v) is 5.99. The molecule has 0 aromatic heterocycles. The number of anilines is 1. The average Bonchev–Trinajstić information content (AvgIpc) is 2.61. The van der Waals surface area contributed by atoms with Crippen LogP contribution in [0.15, 0.2) is 42.5 Å². The van der Waals surface area contributed by atoms with E-state index in [1.807, 2.05) is 45.0 Å². The number of nitrogens with one attached hydrogen (secondary N) is 1. The van der Waals surface area contributed by atoms with Gasteiger partial charge >= 0.3 is 0 Å². The van der Waals surface area contributed by atoms with Gasteiger partial charge < -0.3 is 5.32 Å². The van der Waals surface area contributed by atoms with Crippen molar-refractivity contribution in [2.24, 2.45) is 0 Å². The summed E-state index contributed by atoms with van der Waals surface area (Å²) >= 11 is 0. The van der Waals surface area contributed by atoms with Gasteiger partial charge in [0.1, 0.15) is 6.04 Å². The Bertz CT molecular complexity index is 934. The van der Waals surface area contributed by atoms with Crippen molar-refractivity contribution in [2.45, 2.75) is 53.0 Å². The molecule has 0 aliphatic heterocycles. The van der Waals surface area contributed by atoms with Gasteiger partial charge in [0.25, 0.3) is 0 Å². The van der Waals surface area contributed by atoms with Crippen molar-refractivity contribution in [2.75, 3.05) is 17.1 Å². The van der Waals surface area contributed by atoms with Crippen LogP contribution in [0.1, 0.15) is 42.0 Å². The van der Waals surface area contributed by atoms with Crippen LogP contribution in [-0.4, -0.2) is 33.2 Å². The second kappa shape index (κ2) is 9.92. The summed E-state index contributed by atoms with van der Waals surface area (Å²) < 4.78 is 26.4. The summed E-state index contributed by atoms with van der Waals surface area (Å²) in [5, 5.41) is 2.93. The Labute approximate surface area is 175 Å².